The largest absolute Gasteiger partial charge is 0.393 e. The maximum absolute atomic E-state index is 9.71. The molecule has 0 spiro atoms. The molecule has 0 amide bonds. The zero-order chi connectivity index (χ0) is 15.4. The van der Waals surface area contributed by atoms with Gasteiger partial charge in [0.1, 0.15) is 0 Å². The average Bonchev–Trinajstić information content (AvgIpc) is 2.39. The van der Waals surface area contributed by atoms with Gasteiger partial charge in [-0.25, -0.2) is 0 Å². The van der Waals surface area contributed by atoms with Crippen LogP contribution in [-0.4, -0.2) is 24.4 Å². The van der Waals surface area contributed by atoms with Crippen molar-refractivity contribution in [2.24, 2.45) is 17.8 Å². The molecule has 2 nitrogen and oxygen atoms in total. The van der Waals surface area contributed by atoms with Gasteiger partial charge in [0.2, 0.25) is 0 Å². The summed E-state index contributed by atoms with van der Waals surface area (Å²) in [6.07, 6.45) is 8.42. The lowest BCUT2D eigenvalue weighted by Gasteiger charge is -2.33. The molecular formula is C18H38O2. The molecule has 1 aliphatic carbocycles. The summed E-state index contributed by atoms with van der Waals surface area (Å²) in [6, 6.07) is 0. The van der Waals surface area contributed by atoms with E-state index < -0.39 is 0 Å². The van der Waals surface area contributed by atoms with Crippen LogP contribution in [0, 0.1) is 17.8 Å². The third-order valence-corrected chi connectivity index (χ3v) is 4.27. The molecule has 0 bridgehead atoms. The zero-order valence-electron chi connectivity index (χ0n) is 14.5. The lowest BCUT2D eigenvalue weighted by atomic mass is 9.75. The summed E-state index contributed by atoms with van der Waals surface area (Å²) in [5.74, 6) is 1.95. The molecule has 122 valence electrons. The second-order valence-electron chi connectivity index (χ2n) is 6.71. The van der Waals surface area contributed by atoms with Crippen LogP contribution in [0.2, 0.25) is 0 Å². The van der Waals surface area contributed by atoms with Gasteiger partial charge in [0, 0.05) is 13.2 Å². The molecule has 0 aromatic rings. The van der Waals surface area contributed by atoms with E-state index in [1.54, 1.807) is 0 Å². The highest BCUT2D eigenvalue weighted by Gasteiger charge is 2.28. The van der Waals surface area contributed by atoms with Gasteiger partial charge >= 0.3 is 0 Å². The molecule has 0 radical (unpaired) electrons. The fourth-order valence-corrected chi connectivity index (χ4v) is 2.75. The minimum Gasteiger partial charge on any atom is -0.393 e. The number of ether oxygens (including phenoxy) is 1. The van der Waals surface area contributed by atoms with Crippen molar-refractivity contribution in [2.45, 2.75) is 85.7 Å². The van der Waals surface area contributed by atoms with E-state index in [9.17, 15) is 5.11 Å². The van der Waals surface area contributed by atoms with Gasteiger partial charge in [0.05, 0.1) is 6.10 Å². The highest BCUT2D eigenvalue weighted by molar-refractivity contribution is 4.79. The Bertz CT molecular complexity index is 198. The van der Waals surface area contributed by atoms with Crippen molar-refractivity contribution < 1.29 is 9.84 Å². The molecule has 2 heteroatoms. The van der Waals surface area contributed by atoms with Crippen LogP contribution in [0.1, 0.15) is 79.6 Å². The smallest absolute Gasteiger partial charge is 0.0573 e. The summed E-state index contributed by atoms with van der Waals surface area (Å²) >= 11 is 0. The Labute approximate surface area is 127 Å². The maximum atomic E-state index is 9.71. The van der Waals surface area contributed by atoms with Gasteiger partial charge in [-0.1, -0.05) is 53.9 Å². The van der Waals surface area contributed by atoms with Gasteiger partial charge < -0.3 is 9.84 Å². The van der Waals surface area contributed by atoms with Gasteiger partial charge in [0.25, 0.3) is 0 Å². The highest BCUT2D eigenvalue weighted by Crippen LogP contribution is 2.33. The van der Waals surface area contributed by atoms with E-state index in [2.05, 4.69) is 34.6 Å². The van der Waals surface area contributed by atoms with Gasteiger partial charge in [-0.2, -0.15) is 0 Å². The molecule has 0 aromatic heterocycles. The predicted molar refractivity (Wildman–Crippen MR) is 88.0 cm³/mol. The number of rotatable bonds is 7. The normalized spacial score (nSPS) is 26.2. The molecule has 0 heterocycles. The molecule has 3 unspecified atom stereocenters. The van der Waals surface area contributed by atoms with Crippen LogP contribution in [0.25, 0.3) is 0 Å². The molecular weight excluding hydrogens is 248 g/mol. The molecule has 1 fully saturated rings. The quantitative estimate of drug-likeness (QED) is 0.664. The number of unbranched alkanes of at least 4 members (excludes halogenated alkanes) is 2. The molecule has 0 aromatic carbocycles. The molecule has 1 aliphatic rings. The molecule has 1 saturated carbocycles. The van der Waals surface area contributed by atoms with Crippen molar-refractivity contribution in [1.82, 2.24) is 0 Å². The number of hydrogen-bond acceptors (Lipinski definition) is 2. The fourth-order valence-electron chi connectivity index (χ4n) is 2.75. The summed E-state index contributed by atoms with van der Waals surface area (Å²) in [5.41, 5.74) is 0. The van der Waals surface area contributed by atoms with Crippen molar-refractivity contribution in [3.05, 3.63) is 0 Å². The first-order valence-corrected chi connectivity index (χ1v) is 8.78. The first kappa shape index (κ1) is 19.9. The summed E-state index contributed by atoms with van der Waals surface area (Å²) in [5, 5.41) is 9.71. The van der Waals surface area contributed by atoms with Crippen LogP contribution in [-0.2, 0) is 4.74 Å². The van der Waals surface area contributed by atoms with E-state index in [1.165, 1.54) is 38.5 Å². The first-order valence-electron chi connectivity index (χ1n) is 8.78. The summed E-state index contributed by atoms with van der Waals surface area (Å²) in [6.45, 7) is 12.9. The SMILES string of the molecule is CC1CCC(C(C)C)C(O)C1.CCCCOCCCC. The van der Waals surface area contributed by atoms with Crippen molar-refractivity contribution in [3.63, 3.8) is 0 Å². The van der Waals surface area contributed by atoms with Crippen LogP contribution in [0.5, 0.6) is 0 Å². The Kier molecular flexibility index (Phi) is 12.6. The van der Waals surface area contributed by atoms with E-state index in [0.717, 1.165) is 25.6 Å². The van der Waals surface area contributed by atoms with E-state index in [0.29, 0.717) is 11.8 Å². The van der Waals surface area contributed by atoms with E-state index in [-0.39, 0.29) is 6.10 Å². The van der Waals surface area contributed by atoms with Crippen molar-refractivity contribution in [1.29, 1.82) is 0 Å². The number of hydrogen-bond donors (Lipinski definition) is 1. The Morgan fingerprint density at radius 2 is 1.60 bits per heavy atom. The molecule has 1 N–H and O–H groups in total. The molecule has 0 aliphatic heterocycles. The third kappa shape index (κ3) is 9.77. The van der Waals surface area contributed by atoms with Crippen LogP contribution < -0.4 is 0 Å². The van der Waals surface area contributed by atoms with Gasteiger partial charge in [-0.15, -0.1) is 0 Å². The van der Waals surface area contributed by atoms with E-state index in [4.69, 9.17) is 4.74 Å². The Morgan fingerprint density at radius 3 is 2.00 bits per heavy atom. The topological polar surface area (TPSA) is 29.5 Å². The van der Waals surface area contributed by atoms with Crippen molar-refractivity contribution in [3.8, 4) is 0 Å². The second-order valence-corrected chi connectivity index (χ2v) is 6.71. The molecule has 0 saturated heterocycles. The lowest BCUT2D eigenvalue weighted by Crippen LogP contribution is -2.31. The van der Waals surface area contributed by atoms with Gasteiger partial charge in [-0.05, 0) is 43.4 Å². The average molecular weight is 286 g/mol. The highest BCUT2D eigenvalue weighted by atomic mass is 16.5. The molecule has 3 atom stereocenters. The van der Waals surface area contributed by atoms with Gasteiger partial charge in [0.15, 0.2) is 0 Å². The van der Waals surface area contributed by atoms with Crippen molar-refractivity contribution >= 4 is 0 Å². The van der Waals surface area contributed by atoms with Crippen LogP contribution in [0.4, 0.5) is 0 Å². The minimum absolute atomic E-state index is 0.0289. The number of aliphatic hydroxyl groups excluding tert-OH is 1. The minimum atomic E-state index is -0.0289. The first-order chi connectivity index (χ1) is 9.52. The summed E-state index contributed by atoms with van der Waals surface area (Å²) < 4.78 is 5.31. The van der Waals surface area contributed by atoms with E-state index in [1.807, 2.05) is 0 Å². The number of aliphatic hydroxyl groups is 1. The maximum Gasteiger partial charge on any atom is 0.0573 e. The molecule has 1 rings (SSSR count). The standard InChI is InChI=1S/C10H20O.C8H18O/c1-7(2)9-5-4-8(3)6-10(9)11;1-3-5-7-9-8-6-4-2/h7-11H,4-6H2,1-3H3;3-8H2,1-2H3. The molecule has 20 heavy (non-hydrogen) atoms. The fraction of sp³-hybridized carbons (Fsp3) is 1.00. The lowest BCUT2D eigenvalue weighted by molar-refractivity contribution is 0.0266. The monoisotopic (exact) mass is 286 g/mol. The summed E-state index contributed by atoms with van der Waals surface area (Å²) in [7, 11) is 0. The van der Waals surface area contributed by atoms with Crippen molar-refractivity contribution in [2.75, 3.05) is 13.2 Å². The second kappa shape index (κ2) is 12.6. The predicted octanol–water partition coefficient (Wildman–Crippen LogP) is 5.04. The Morgan fingerprint density at radius 1 is 1.05 bits per heavy atom. The van der Waals surface area contributed by atoms with Crippen LogP contribution in [0.15, 0.2) is 0 Å². The summed E-state index contributed by atoms with van der Waals surface area (Å²) in [4.78, 5) is 0. The Balaban J connectivity index is 0.000000370. The van der Waals surface area contributed by atoms with Crippen LogP contribution >= 0.6 is 0 Å². The van der Waals surface area contributed by atoms with Gasteiger partial charge in [-0.3, -0.25) is 0 Å². The third-order valence-electron chi connectivity index (χ3n) is 4.27. The van der Waals surface area contributed by atoms with Crippen LogP contribution in [0.3, 0.4) is 0 Å². The zero-order valence-corrected chi connectivity index (χ0v) is 14.5. The van der Waals surface area contributed by atoms with E-state index >= 15 is 0 Å². The Hall–Kier alpha value is -0.0800.